The Bertz CT molecular complexity index is 1090. The normalized spacial score (nSPS) is 16.1. The Morgan fingerprint density at radius 1 is 1.19 bits per heavy atom. The van der Waals surface area contributed by atoms with Gasteiger partial charge in [0.2, 0.25) is 5.91 Å². The highest BCUT2D eigenvalue weighted by atomic mass is 35.5. The molecule has 2 aromatic rings. The number of nitrogens with zero attached hydrogens (tertiary/aromatic N) is 1. The number of thioether (sulfide) groups is 1. The van der Waals surface area contributed by atoms with Crippen LogP contribution in [-0.4, -0.2) is 43.9 Å². The van der Waals surface area contributed by atoms with Crippen molar-refractivity contribution in [1.29, 1.82) is 5.41 Å². The monoisotopic (exact) mass is 481 g/mol. The van der Waals surface area contributed by atoms with Crippen LogP contribution in [0.5, 0.6) is 0 Å². The van der Waals surface area contributed by atoms with Crippen LogP contribution in [0.3, 0.4) is 0 Å². The number of carbonyl (C=O) groups excluding carboxylic acids is 2. The summed E-state index contributed by atoms with van der Waals surface area (Å²) in [6.45, 7) is 1.29. The van der Waals surface area contributed by atoms with E-state index in [9.17, 15) is 18.0 Å². The number of anilines is 1. The van der Waals surface area contributed by atoms with Crippen LogP contribution in [0.4, 0.5) is 5.69 Å². The minimum atomic E-state index is -4.07. The molecule has 1 fully saturated rings. The Morgan fingerprint density at radius 3 is 2.39 bits per heavy atom. The van der Waals surface area contributed by atoms with Crippen molar-refractivity contribution in [3.8, 4) is 0 Å². The first-order chi connectivity index (χ1) is 14.7. The fraction of sp³-hybridized carbons (Fsp3) is 0.250. The Hall–Kier alpha value is -2.56. The lowest BCUT2D eigenvalue weighted by Gasteiger charge is -2.23. The molecule has 1 aliphatic heterocycles. The van der Waals surface area contributed by atoms with Crippen LogP contribution in [0.2, 0.25) is 5.02 Å². The van der Waals surface area contributed by atoms with Gasteiger partial charge in [-0.05, 0) is 55.3 Å². The maximum absolute atomic E-state index is 13.3. The zero-order valence-electron chi connectivity index (χ0n) is 16.5. The molecule has 31 heavy (non-hydrogen) atoms. The van der Waals surface area contributed by atoms with Gasteiger partial charge >= 0.3 is 5.97 Å². The Labute approximate surface area is 189 Å². The number of hydrogen-bond donors (Lipinski definition) is 2. The van der Waals surface area contributed by atoms with E-state index in [0.29, 0.717) is 11.4 Å². The largest absolute Gasteiger partial charge is 0.465 e. The van der Waals surface area contributed by atoms with Crippen LogP contribution in [0.15, 0.2) is 53.4 Å². The third kappa shape index (κ3) is 5.57. The van der Waals surface area contributed by atoms with Crippen molar-refractivity contribution in [2.75, 3.05) is 17.5 Å². The van der Waals surface area contributed by atoms with Gasteiger partial charge < -0.3 is 10.1 Å². The highest BCUT2D eigenvalue weighted by Crippen LogP contribution is 2.27. The number of esters is 1. The van der Waals surface area contributed by atoms with Crippen molar-refractivity contribution in [1.82, 2.24) is 5.32 Å². The molecule has 0 aromatic heterocycles. The lowest BCUT2D eigenvalue weighted by Crippen LogP contribution is -2.36. The number of amidine groups is 1. The number of sulfonamides is 1. The number of amides is 1. The van der Waals surface area contributed by atoms with Crippen molar-refractivity contribution in [3.63, 3.8) is 0 Å². The van der Waals surface area contributed by atoms with Gasteiger partial charge in [0.05, 0.1) is 22.4 Å². The quantitative estimate of drug-likeness (QED) is 0.560. The first-order valence-electron chi connectivity index (χ1n) is 9.29. The second kappa shape index (κ2) is 9.71. The molecule has 8 nitrogen and oxygen atoms in total. The van der Waals surface area contributed by atoms with Crippen molar-refractivity contribution < 1.29 is 22.7 Å². The fourth-order valence-corrected chi connectivity index (χ4v) is 5.36. The summed E-state index contributed by atoms with van der Waals surface area (Å²) in [4.78, 5) is 23.9. The molecule has 11 heteroatoms. The Kier molecular flexibility index (Phi) is 7.24. The molecule has 1 unspecified atom stereocenters. The number of carbonyl (C=O) groups is 2. The molecular weight excluding hydrogens is 462 g/mol. The fourth-order valence-electron chi connectivity index (χ4n) is 2.94. The second-order valence-corrected chi connectivity index (χ2v) is 10.1. The number of nitrogens with one attached hydrogen (secondary N) is 2. The zero-order valence-corrected chi connectivity index (χ0v) is 18.9. The van der Waals surface area contributed by atoms with Gasteiger partial charge in [-0.1, -0.05) is 35.5 Å². The zero-order chi connectivity index (χ0) is 22.6. The molecule has 1 amide bonds. The average molecular weight is 482 g/mol. The number of hydrogen-bond acceptors (Lipinski definition) is 7. The molecule has 0 aliphatic carbocycles. The molecule has 1 heterocycles. The summed E-state index contributed by atoms with van der Waals surface area (Å²) < 4.78 is 32.5. The molecule has 1 aliphatic rings. The van der Waals surface area contributed by atoms with Crippen LogP contribution in [-0.2, 0) is 30.8 Å². The third-order valence-electron chi connectivity index (χ3n) is 4.41. The maximum atomic E-state index is 13.3. The van der Waals surface area contributed by atoms with Crippen LogP contribution >= 0.6 is 23.4 Å². The van der Waals surface area contributed by atoms with Crippen LogP contribution in [0.1, 0.15) is 12.5 Å². The molecule has 3 rings (SSSR count). The highest BCUT2D eigenvalue weighted by Gasteiger charge is 2.30. The third-order valence-corrected chi connectivity index (χ3v) is 7.46. The molecule has 164 valence electrons. The maximum Gasteiger partial charge on any atom is 0.326 e. The predicted molar refractivity (Wildman–Crippen MR) is 120 cm³/mol. The van der Waals surface area contributed by atoms with Gasteiger partial charge in [-0.2, -0.15) is 0 Å². The predicted octanol–water partition coefficient (Wildman–Crippen LogP) is 2.81. The lowest BCUT2D eigenvalue weighted by molar-refractivity contribution is -0.141. The molecule has 0 spiro atoms. The van der Waals surface area contributed by atoms with Crippen molar-refractivity contribution in [3.05, 3.63) is 59.1 Å². The summed E-state index contributed by atoms with van der Waals surface area (Å²) in [6, 6.07) is 12.2. The van der Waals surface area contributed by atoms with E-state index in [1.165, 1.54) is 36.4 Å². The minimum Gasteiger partial charge on any atom is -0.465 e. The van der Waals surface area contributed by atoms with Crippen LogP contribution < -0.4 is 9.62 Å². The van der Waals surface area contributed by atoms with Gasteiger partial charge in [0.25, 0.3) is 10.0 Å². The van der Waals surface area contributed by atoms with E-state index in [1.54, 1.807) is 19.1 Å². The summed E-state index contributed by atoms with van der Waals surface area (Å²) in [6.07, 6.45) is 0.364. The van der Waals surface area contributed by atoms with Gasteiger partial charge in [0, 0.05) is 5.02 Å². The summed E-state index contributed by atoms with van der Waals surface area (Å²) in [5, 5.41) is 10.1. The van der Waals surface area contributed by atoms with E-state index in [1.807, 2.05) is 0 Å². The van der Waals surface area contributed by atoms with Crippen molar-refractivity contribution >= 4 is 56.1 Å². The summed E-state index contributed by atoms with van der Waals surface area (Å²) in [5.41, 5.74) is 1.03. The molecule has 2 aromatic carbocycles. The van der Waals surface area contributed by atoms with Gasteiger partial charge in [-0.3, -0.25) is 19.3 Å². The number of halogens is 1. The Balaban J connectivity index is 1.86. The first-order valence-corrected chi connectivity index (χ1v) is 12.0. The lowest BCUT2D eigenvalue weighted by atomic mass is 10.1. The SMILES string of the molecule is CCOC(=O)CN(c1ccc(Cl)cc1)S(=O)(=O)c1ccc(CC2SC(=N)NC2=O)cc1. The number of rotatable bonds is 8. The molecule has 0 radical (unpaired) electrons. The summed E-state index contributed by atoms with van der Waals surface area (Å²) in [5.74, 6) is -0.917. The highest BCUT2D eigenvalue weighted by molar-refractivity contribution is 8.15. The molecular formula is C20H20ClN3O5S2. The van der Waals surface area contributed by atoms with E-state index < -0.39 is 27.8 Å². The average Bonchev–Trinajstić information content (AvgIpc) is 3.04. The van der Waals surface area contributed by atoms with E-state index in [4.69, 9.17) is 21.7 Å². The van der Waals surface area contributed by atoms with Crippen molar-refractivity contribution in [2.24, 2.45) is 0 Å². The first kappa shape index (κ1) is 23.1. The van der Waals surface area contributed by atoms with Crippen molar-refractivity contribution in [2.45, 2.75) is 23.5 Å². The molecule has 1 atom stereocenters. The molecule has 1 saturated heterocycles. The smallest absolute Gasteiger partial charge is 0.326 e. The summed E-state index contributed by atoms with van der Waals surface area (Å²) in [7, 11) is -4.07. The van der Waals surface area contributed by atoms with Crippen LogP contribution in [0.25, 0.3) is 0 Å². The minimum absolute atomic E-state index is 0.00762. The topological polar surface area (TPSA) is 117 Å². The Morgan fingerprint density at radius 2 is 1.84 bits per heavy atom. The molecule has 0 saturated carbocycles. The van der Waals surface area contributed by atoms with Gasteiger partial charge in [-0.25, -0.2) is 8.42 Å². The van der Waals surface area contributed by atoms with E-state index in [0.717, 1.165) is 21.6 Å². The number of benzene rings is 2. The molecule has 0 bridgehead atoms. The van der Waals surface area contributed by atoms with Gasteiger partial charge in [0.15, 0.2) is 5.17 Å². The summed E-state index contributed by atoms with van der Waals surface area (Å²) >= 11 is 7.03. The van der Waals surface area contributed by atoms with Gasteiger partial charge in [-0.15, -0.1) is 0 Å². The van der Waals surface area contributed by atoms with Gasteiger partial charge in [0.1, 0.15) is 6.54 Å². The van der Waals surface area contributed by atoms with Crippen LogP contribution in [0, 0.1) is 5.41 Å². The standard InChI is InChI=1S/C20H20ClN3O5S2/c1-2-29-18(25)12-24(15-7-5-14(21)6-8-15)31(27,28)16-9-3-13(4-10-16)11-17-19(26)23-20(22)30-17/h3-10,17H,2,11-12H2,1H3,(H2,22,23,26). The molecule has 2 N–H and O–H groups in total. The second-order valence-electron chi connectivity index (χ2n) is 6.57. The van der Waals surface area contributed by atoms with E-state index in [-0.39, 0.29) is 28.3 Å². The van der Waals surface area contributed by atoms with E-state index >= 15 is 0 Å². The van der Waals surface area contributed by atoms with E-state index in [2.05, 4.69) is 5.32 Å². The number of ether oxygens (including phenoxy) is 1.